The van der Waals surface area contributed by atoms with Gasteiger partial charge in [0.15, 0.2) is 5.96 Å². The number of hydrogen-bond donors (Lipinski definition) is 9. The molecule has 15 nitrogen and oxygen atoms in total. The smallest absolute Gasteiger partial charge is 0.303 e. The minimum atomic E-state index is -4.14. The number of amides is 2. The van der Waals surface area contributed by atoms with Gasteiger partial charge in [-0.15, -0.1) is 0 Å². The van der Waals surface area contributed by atoms with Crippen molar-refractivity contribution in [2.24, 2.45) is 11.5 Å². The van der Waals surface area contributed by atoms with Crippen molar-refractivity contribution in [2.75, 3.05) is 13.1 Å². The van der Waals surface area contributed by atoms with Crippen molar-refractivity contribution in [1.29, 1.82) is 10.8 Å². The zero-order valence-electron chi connectivity index (χ0n) is 20.0. The first kappa shape index (κ1) is 31.0. The number of nitrogens with one attached hydrogen (secondary N) is 6. The molecule has 0 bridgehead atoms. The van der Waals surface area contributed by atoms with Gasteiger partial charge in [-0.05, 0) is 30.9 Å². The first-order valence-electron chi connectivity index (χ1n) is 11.1. The predicted octanol–water partition coefficient (Wildman–Crippen LogP) is -2.31. The number of carboxylic acid groups (broad SMARTS) is 1. The Morgan fingerprint density at radius 1 is 1.11 bits per heavy atom. The summed E-state index contributed by atoms with van der Waals surface area (Å²) in [6.45, 7) is -0.266. The number of nitrogen functional groups attached to an aromatic ring is 1. The number of guanidine groups is 1. The van der Waals surface area contributed by atoms with Crippen LogP contribution in [-0.2, 0) is 35.0 Å². The second kappa shape index (κ2) is 15.1. The number of amidine groups is 1. The van der Waals surface area contributed by atoms with Gasteiger partial charge in [0, 0.05) is 18.5 Å². The summed E-state index contributed by atoms with van der Waals surface area (Å²) in [5.74, 6) is -3.94. The largest absolute Gasteiger partial charge is 0.481 e. The number of carbonyl (C=O) groups excluding carboxylic acids is 3. The van der Waals surface area contributed by atoms with Crippen molar-refractivity contribution in [3.8, 4) is 0 Å². The zero-order chi connectivity index (χ0) is 28.0. The molecule has 0 saturated carbocycles. The highest BCUT2D eigenvalue weighted by Gasteiger charge is 2.26. The van der Waals surface area contributed by atoms with E-state index < -0.39 is 58.6 Å². The second-order valence-electron chi connectivity index (χ2n) is 7.99. The molecule has 11 N–H and O–H groups in total. The zero-order valence-corrected chi connectivity index (χ0v) is 20.8. The Kier molecular flexibility index (Phi) is 12.7. The van der Waals surface area contributed by atoms with E-state index in [0.717, 1.165) is 0 Å². The van der Waals surface area contributed by atoms with Crippen molar-refractivity contribution < 1.29 is 32.7 Å². The van der Waals surface area contributed by atoms with Gasteiger partial charge in [0.25, 0.3) is 0 Å². The van der Waals surface area contributed by atoms with E-state index in [1.54, 1.807) is 0 Å². The maximum atomic E-state index is 12.7. The van der Waals surface area contributed by atoms with Crippen molar-refractivity contribution in [3.63, 3.8) is 0 Å². The Bertz CT molecular complexity index is 1110. The molecule has 1 rings (SSSR count). The molecule has 1 aromatic carbocycles. The standard InChI is InChI=1S/C21H32N8O7S/c22-19(23)14-4-1-3-13(9-14)12-37(35,36)29-16(6-7-18(32)33)20(34)27-10-17(31)28-15(11-30)5-2-8-26-21(24)25/h1,3-4,9,11,15-16,29H,2,5-8,10,12H2,(H3,22,23)(H,27,34)(H,28,31)(H,32,33)(H4,24,25,26)/t15-,16?/m0/s1. The summed E-state index contributed by atoms with van der Waals surface area (Å²) < 4.78 is 27.5. The molecule has 0 fully saturated rings. The lowest BCUT2D eigenvalue weighted by Crippen LogP contribution is -2.50. The number of hydrogen-bond acceptors (Lipinski definition) is 8. The Morgan fingerprint density at radius 3 is 2.41 bits per heavy atom. The molecule has 0 aromatic heterocycles. The molecule has 2 atom stereocenters. The van der Waals surface area contributed by atoms with Gasteiger partial charge in [-0.2, -0.15) is 0 Å². The van der Waals surface area contributed by atoms with Crippen LogP contribution in [0.15, 0.2) is 24.3 Å². The number of sulfonamides is 1. The summed E-state index contributed by atoms with van der Waals surface area (Å²) >= 11 is 0. The van der Waals surface area contributed by atoms with E-state index in [9.17, 15) is 27.6 Å². The van der Waals surface area contributed by atoms with Crippen LogP contribution in [0.5, 0.6) is 0 Å². The third kappa shape index (κ3) is 13.0. The maximum Gasteiger partial charge on any atom is 0.303 e. The fourth-order valence-electron chi connectivity index (χ4n) is 3.09. The molecule has 0 aliphatic heterocycles. The van der Waals surface area contributed by atoms with Crippen LogP contribution >= 0.6 is 0 Å². The van der Waals surface area contributed by atoms with Gasteiger partial charge in [-0.1, -0.05) is 18.2 Å². The third-order valence-corrected chi connectivity index (χ3v) is 6.18. The molecule has 16 heteroatoms. The molecule has 0 spiro atoms. The Balaban J connectivity index is 2.75. The monoisotopic (exact) mass is 540 g/mol. The summed E-state index contributed by atoms with van der Waals surface area (Å²) in [6.07, 6.45) is 0.279. The Morgan fingerprint density at radius 2 is 1.81 bits per heavy atom. The molecule has 204 valence electrons. The molecule has 0 aliphatic carbocycles. The van der Waals surface area contributed by atoms with Gasteiger partial charge in [-0.25, -0.2) is 13.1 Å². The minimum Gasteiger partial charge on any atom is -0.481 e. The average Bonchev–Trinajstić information content (AvgIpc) is 2.81. The summed E-state index contributed by atoms with van der Waals surface area (Å²) in [6, 6.07) is 3.59. The molecule has 0 radical (unpaired) electrons. The summed E-state index contributed by atoms with van der Waals surface area (Å²) in [4.78, 5) is 46.9. The van der Waals surface area contributed by atoms with E-state index in [1.165, 1.54) is 24.3 Å². The average molecular weight is 541 g/mol. The SMILES string of the molecule is N=C(N)NCCC[C@@H](C=O)NC(=O)CNC(=O)C(CCC(=O)O)NS(=O)(=O)Cc1cccc(C(=N)N)c1. The lowest BCUT2D eigenvalue weighted by atomic mass is 10.1. The summed E-state index contributed by atoms with van der Waals surface area (Å²) in [7, 11) is -4.14. The highest BCUT2D eigenvalue weighted by molar-refractivity contribution is 7.88. The lowest BCUT2D eigenvalue weighted by Gasteiger charge is -2.19. The molecule has 1 aromatic rings. The Labute approximate surface area is 213 Å². The van der Waals surface area contributed by atoms with Crippen molar-refractivity contribution in [3.05, 3.63) is 35.4 Å². The van der Waals surface area contributed by atoms with Crippen LogP contribution in [0.3, 0.4) is 0 Å². The number of rotatable bonds is 17. The van der Waals surface area contributed by atoms with Crippen LogP contribution in [0.25, 0.3) is 0 Å². The van der Waals surface area contributed by atoms with Crippen molar-refractivity contribution >= 4 is 45.9 Å². The molecule has 0 saturated heterocycles. The first-order chi connectivity index (χ1) is 17.3. The maximum absolute atomic E-state index is 12.7. The van der Waals surface area contributed by atoms with Crippen LogP contribution in [0.2, 0.25) is 0 Å². The number of aliphatic carboxylic acids is 1. The van der Waals surface area contributed by atoms with E-state index in [1.807, 2.05) is 0 Å². The highest BCUT2D eigenvalue weighted by Crippen LogP contribution is 2.10. The fraction of sp³-hybridized carbons (Fsp3) is 0.429. The van der Waals surface area contributed by atoms with Crippen molar-refractivity contribution in [2.45, 2.75) is 43.5 Å². The van der Waals surface area contributed by atoms with E-state index in [4.69, 9.17) is 27.4 Å². The van der Waals surface area contributed by atoms with E-state index in [-0.39, 0.29) is 30.2 Å². The molecule has 0 heterocycles. The van der Waals surface area contributed by atoms with Gasteiger partial charge in [0.2, 0.25) is 21.8 Å². The second-order valence-corrected chi connectivity index (χ2v) is 9.74. The quantitative estimate of drug-likeness (QED) is 0.0440. The lowest BCUT2D eigenvalue weighted by molar-refractivity contribution is -0.137. The van der Waals surface area contributed by atoms with Gasteiger partial charge in [0.05, 0.1) is 18.3 Å². The minimum absolute atomic E-state index is 0.230. The van der Waals surface area contributed by atoms with Gasteiger partial charge in [0.1, 0.15) is 18.2 Å². The molecular formula is C21H32N8O7S. The van der Waals surface area contributed by atoms with E-state index in [2.05, 4.69) is 20.7 Å². The molecule has 1 unspecified atom stereocenters. The third-order valence-electron chi connectivity index (χ3n) is 4.82. The number of benzene rings is 1. The van der Waals surface area contributed by atoms with Crippen LogP contribution in [0, 0.1) is 10.8 Å². The highest BCUT2D eigenvalue weighted by atomic mass is 32.2. The fourth-order valence-corrected chi connectivity index (χ4v) is 4.45. The first-order valence-corrected chi connectivity index (χ1v) is 12.7. The number of nitrogens with two attached hydrogens (primary N) is 2. The number of aldehydes is 1. The predicted molar refractivity (Wildman–Crippen MR) is 134 cm³/mol. The van der Waals surface area contributed by atoms with Gasteiger partial charge >= 0.3 is 5.97 Å². The van der Waals surface area contributed by atoms with Crippen LogP contribution in [0.4, 0.5) is 0 Å². The van der Waals surface area contributed by atoms with E-state index in [0.29, 0.717) is 24.8 Å². The molecular weight excluding hydrogens is 508 g/mol. The van der Waals surface area contributed by atoms with Crippen LogP contribution < -0.4 is 32.1 Å². The van der Waals surface area contributed by atoms with Gasteiger partial charge < -0.3 is 37.3 Å². The van der Waals surface area contributed by atoms with Crippen molar-refractivity contribution in [1.82, 2.24) is 20.7 Å². The number of carboxylic acids is 1. The molecule has 37 heavy (non-hydrogen) atoms. The van der Waals surface area contributed by atoms with Gasteiger partial charge in [-0.3, -0.25) is 25.2 Å². The van der Waals surface area contributed by atoms with Crippen LogP contribution in [0.1, 0.15) is 36.8 Å². The van der Waals surface area contributed by atoms with Crippen LogP contribution in [-0.4, -0.2) is 74.6 Å². The molecule has 0 aliphatic rings. The summed E-state index contributed by atoms with van der Waals surface area (Å²) in [5, 5.41) is 30.7. The Hall–Kier alpha value is -4.05. The normalized spacial score (nSPS) is 12.5. The topological polar surface area (TPSA) is 271 Å². The summed E-state index contributed by atoms with van der Waals surface area (Å²) in [5.41, 5.74) is 11.2. The van der Waals surface area contributed by atoms with E-state index >= 15 is 0 Å². The number of carbonyl (C=O) groups is 4. The molecule has 2 amide bonds.